The second kappa shape index (κ2) is 8.08. The first-order valence-corrected chi connectivity index (χ1v) is 8.77. The number of nitrogens with zero attached hydrogens (tertiary/aromatic N) is 1. The molecule has 1 amide bonds. The monoisotopic (exact) mass is 384 g/mol. The van der Waals surface area contributed by atoms with Gasteiger partial charge < -0.3 is 9.47 Å². The van der Waals surface area contributed by atoms with E-state index in [0.29, 0.717) is 18.5 Å². The van der Waals surface area contributed by atoms with Crippen molar-refractivity contribution in [3.63, 3.8) is 0 Å². The highest BCUT2D eigenvalue weighted by molar-refractivity contribution is 5.97. The smallest absolute Gasteiger partial charge is 0.412 e. The summed E-state index contributed by atoms with van der Waals surface area (Å²) >= 11 is 0. The third-order valence-corrected chi connectivity index (χ3v) is 4.61. The Morgan fingerprint density at radius 3 is 2.57 bits per heavy atom. The van der Waals surface area contributed by atoms with Gasteiger partial charge in [0.05, 0.1) is 7.11 Å². The number of esters is 1. The number of Topliss-reactive ketones (excluding diaryl/α,β-unsaturated/α-hetero) is 1. The van der Waals surface area contributed by atoms with Crippen molar-refractivity contribution in [1.82, 2.24) is 4.57 Å². The number of ketones is 1. The number of carbonyl (C=O) groups is 3. The average Bonchev–Trinajstić information content (AvgIpc) is 3.14. The van der Waals surface area contributed by atoms with Crippen LogP contribution in [0.2, 0.25) is 0 Å². The van der Waals surface area contributed by atoms with E-state index in [1.807, 2.05) is 18.2 Å². The number of hydrogen-bond donors (Lipinski definition) is 1. The van der Waals surface area contributed by atoms with E-state index in [2.05, 4.69) is 5.32 Å². The van der Waals surface area contributed by atoms with Crippen LogP contribution in [-0.4, -0.2) is 29.5 Å². The number of methoxy groups -OCH3 is 1. The number of anilines is 1. The number of nitrogens with one attached hydrogen (secondary N) is 1. The van der Waals surface area contributed by atoms with Gasteiger partial charge in [0.2, 0.25) is 0 Å². The Bertz CT molecular complexity index is 980. The zero-order valence-corrected chi connectivity index (χ0v) is 15.6. The predicted octanol–water partition coefficient (Wildman–Crippen LogP) is 2.46. The van der Waals surface area contributed by atoms with Gasteiger partial charge >= 0.3 is 12.1 Å². The van der Waals surface area contributed by atoms with E-state index in [9.17, 15) is 19.2 Å². The molecule has 1 aromatic heterocycles. The number of carbonyl (C=O) groups excluding carboxylic acids is 3. The minimum atomic E-state index is -0.830. The molecular weight excluding hydrogens is 364 g/mol. The van der Waals surface area contributed by atoms with Crippen LogP contribution in [0.1, 0.15) is 41.0 Å². The second-order valence-electron chi connectivity index (χ2n) is 6.41. The number of aromatic nitrogens is 1. The summed E-state index contributed by atoms with van der Waals surface area (Å²) in [7, 11) is 1.24. The van der Waals surface area contributed by atoms with Gasteiger partial charge in [-0.1, -0.05) is 30.3 Å². The van der Waals surface area contributed by atoms with Crippen LogP contribution < -0.4 is 10.9 Å². The quantitative estimate of drug-likeness (QED) is 0.627. The SMILES string of the molecule is COC(=O)[C@@H]1CCc2c(C(C)=O)cc(NC(=O)OCc3ccccc3)c(=O)n21. The lowest BCUT2D eigenvalue weighted by molar-refractivity contribution is -0.144. The van der Waals surface area contributed by atoms with E-state index in [-0.39, 0.29) is 23.6 Å². The Morgan fingerprint density at radius 1 is 1.21 bits per heavy atom. The Kier molecular flexibility index (Phi) is 5.58. The van der Waals surface area contributed by atoms with Crippen LogP contribution >= 0.6 is 0 Å². The van der Waals surface area contributed by atoms with Crippen LogP contribution in [0.3, 0.4) is 0 Å². The van der Waals surface area contributed by atoms with Crippen LogP contribution in [0.4, 0.5) is 10.5 Å². The number of pyridine rings is 1. The summed E-state index contributed by atoms with van der Waals surface area (Å²) in [6.45, 7) is 1.40. The molecule has 0 fully saturated rings. The van der Waals surface area contributed by atoms with Crippen LogP contribution in [0.5, 0.6) is 0 Å². The topological polar surface area (TPSA) is 104 Å². The molecule has 3 rings (SSSR count). The molecule has 1 aliphatic rings. The molecule has 0 aliphatic carbocycles. The third-order valence-electron chi connectivity index (χ3n) is 4.61. The highest BCUT2D eigenvalue weighted by Gasteiger charge is 2.33. The lowest BCUT2D eigenvalue weighted by Gasteiger charge is -2.16. The van der Waals surface area contributed by atoms with Gasteiger partial charge in [0.1, 0.15) is 18.3 Å². The molecule has 1 N–H and O–H groups in total. The number of benzene rings is 1. The van der Waals surface area contributed by atoms with Crippen molar-refractivity contribution in [2.45, 2.75) is 32.4 Å². The first-order valence-electron chi connectivity index (χ1n) is 8.77. The maximum Gasteiger partial charge on any atom is 0.412 e. The minimum absolute atomic E-state index is 0.0311. The number of rotatable bonds is 5. The number of hydrogen-bond acceptors (Lipinski definition) is 6. The molecular formula is C20H20N2O6. The molecule has 8 heteroatoms. The van der Waals surface area contributed by atoms with Crippen molar-refractivity contribution >= 4 is 23.5 Å². The molecule has 0 spiro atoms. The molecule has 8 nitrogen and oxygen atoms in total. The largest absolute Gasteiger partial charge is 0.467 e. The van der Waals surface area contributed by atoms with E-state index in [0.717, 1.165) is 5.56 Å². The van der Waals surface area contributed by atoms with Crippen molar-refractivity contribution in [3.8, 4) is 0 Å². The fourth-order valence-electron chi connectivity index (χ4n) is 3.28. The Hall–Kier alpha value is -3.42. The zero-order chi connectivity index (χ0) is 20.3. The van der Waals surface area contributed by atoms with Crippen molar-refractivity contribution in [2.24, 2.45) is 0 Å². The standard InChI is InChI=1S/C20H20N2O6/c1-12(23)14-10-15(21-20(26)28-11-13-6-4-3-5-7-13)18(24)22-16(14)8-9-17(22)19(25)27-2/h3-7,10,17H,8-9,11H2,1-2H3,(H,21,26)/t17-/m0/s1. The van der Waals surface area contributed by atoms with Crippen LogP contribution in [-0.2, 0) is 27.3 Å². The average molecular weight is 384 g/mol. The van der Waals surface area contributed by atoms with Crippen molar-refractivity contribution < 1.29 is 23.9 Å². The zero-order valence-electron chi connectivity index (χ0n) is 15.6. The van der Waals surface area contributed by atoms with Crippen molar-refractivity contribution in [2.75, 3.05) is 12.4 Å². The van der Waals surface area contributed by atoms with Crippen molar-refractivity contribution in [3.05, 3.63) is 63.6 Å². The summed E-state index contributed by atoms with van der Waals surface area (Å²) < 4.78 is 11.1. The Labute approximate surface area is 161 Å². The van der Waals surface area contributed by atoms with Gasteiger partial charge in [0.25, 0.3) is 5.56 Å². The molecule has 2 aromatic rings. The molecule has 0 bridgehead atoms. The van der Waals surface area contributed by atoms with E-state index in [4.69, 9.17) is 9.47 Å². The van der Waals surface area contributed by atoms with E-state index in [1.54, 1.807) is 12.1 Å². The summed E-state index contributed by atoms with van der Waals surface area (Å²) in [6.07, 6.45) is -0.0872. The molecule has 1 aromatic carbocycles. The molecule has 0 unspecified atom stereocenters. The first-order chi connectivity index (χ1) is 13.4. The number of fused-ring (bicyclic) bond motifs is 1. The summed E-state index contributed by atoms with van der Waals surface area (Å²) in [5.41, 5.74) is 0.839. The summed E-state index contributed by atoms with van der Waals surface area (Å²) in [6, 6.07) is 9.58. The van der Waals surface area contributed by atoms with Gasteiger partial charge in [-0.15, -0.1) is 0 Å². The molecule has 2 heterocycles. The molecule has 28 heavy (non-hydrogen) atoms. The molecule has 0 saturated carbocycles. The first kappa shape index (κ1) is 19.3. The van der Waals surface area contributed by atoms with Gasteiger partial charge in [0.15, 0.2) is 5.78 Å². The Balaban J connectivity index is 1.88. The molecule has 146 valence electrons. The summed E-state index contributed by atoms with van der Waals surface area (Å²) in [5.74, 6) is -0.839. The molecule has 0 radical (unpaired) electrons. The fraction of sp³-hybridized carbons (Fsp3) is 0.300. The maximum atomic E-state index is 12.8. The lowest BCUT2D eigenvalue weighted by atomic mass is 10.1. The fourth-order valence-corrected chi connectivity index (χ4v) is 3.28. The highest BCUT2D eigenvalue weighted by atomic mass is 16.5. The van der Waals surface area contributed by atoms with Crippen LogP contribution in [0.25, 0.3) is 0 Å². The van der Waals surface area contributed by atoms with Crippen molar-refractivity contribution in [1.29, 1.82) is 0 Å². The van der Waals surface area contributed by atoms with Crippen LogP contribution in [0, 0.1) is 0 Å². The summed E-state index contributed by atoms with van der Waals surface area (Å²) in [4.78, 5) is 49.0. The lowest BCUT2D eigenvalue weighted by Crippen LogP contribution is -2.32. The van der Waals surface area contributed by atoms with E-state index < -0.39 is 23.7 Å². The van der Waals surface area contributed by atoms with E-state index in [1.165, 1.54) is 24.7 Å². The Morgan fingerprint density at radius 2 is 1.93 bits per heavy atom. The van der Waals surface area contributed by atoms with Gasteiger partial charge in [-0.25, -0.2) is 9.59 Å². The predicted molar refractivity (Wildman–Crippen MR) is 100 cm³/mol. The molecule has 1 atom stereocenters. The second-order valence-corrected chi connectivity index (χ2v) is 6.41. The highest BCUT2D eigenvalue weighted by Crippen LogP contribution is 2.29. The van der Waals surface area contributed by atoms with E-state index >= 15 is 0 Å². The van der Waals surface area contributed by atoms with Gasteiger partial charge in [-0.05, 0) is 31.4 Å². The maximum absolute atomic E-state index is 12.8. The van der Waals surface area contributed by atoms with Gasteiger partial charge in [0, 0.05) is 11.3 Å². The normalized spacial score (nSPS) is 14.9. The van der Waals surface area contributed by atoms with Gasteiger partial charge in [-0.3, -0.25) is 19.5 Å². The minimum Gasteiger partial charge on any atom is -0.467 e. The van der Waals surface area contributed by atoms with Gasteiger partial charge in [-0.2, -0.15) is 0 Å². The number of amides is 1. The van der Waals surface area contributed by atoms with Crippen LogP contribution in [0.15, 0.2) is 41.2 Å². The molecule has 1 aliphatic heterocycles. The number of ether oxygens (including phenoxy) is 2. The third kappa shape index (κ3) is 3.80. The molecule has 0 saturated heterocycles. The summed E-state index contributed by atoms with van der Waals surface area (Å²) in [5, 5.41) is 2.38.